The highest BCUT2D eigenvalue weighted by molar-refractivity contribution is 7.12. The van der Waals surface area contributed by atoms with Gasteiger partial charge in [0.2, 0.25) is 0 Å². The van der Waals surface area contributed by atoms with E-state index < -0.39 is 0 Å². The third kappa shape index (κ3) is 3.84. The summed E-state index contributed by atoms with van der Waals surface area (Å²) in [5.41, 5.74) is 6.17. The summed E-state index contributed by atoms with van der Waals surface area (Å²) in [6.45, 7) is 2.55. The predicted octanol–water partition coefficient (Wildman–Crippen LogP) is 2.76. The van der Waals surface area contributed by atoms with Gasteiger partial charge in [0.25, 0.3) is 5.91 Å². The number of hydrogen-bond donors (Lipinski definition) is 2. The van der Waals surface area contributed by atoms with Gasteiger partial charge in [-0.25, -0.2) is 0 Å². The lowest BCUT2D eigenvalue weighted by Crippen LogP contribution is -2.38. The van der Waals surface area contributed by atoms with Crippen LogP contribution in [0.2, 0.25) is 0 Å². The van der Waals surface area contributed by atoms with Crippen LogP contribution in [0.25, 0.3) is 0 Å². The van der Waals surface area contributed by atoms with Crippen LogP contribution in [0.3, 0.4) is 0 Å². The van der Waals surface area contributed by atoms with Gasteiger partial charge in [-0.05, 0) is 30.2 Å². The number of hydrogen-bond acceptors (Lipinski definition) is 3. The van der Waals surface area contributed by atoms with Crippen LogP contribution in [0.1, 0.15) is 54.3 Å². The molecule has 20 heavy (non-hydrogen) atoms. The van der Waals surface area contributed by atoms with Gasteiger partial charge in [-0.2, -0.15) is 0 Å². The fraction of sp³-hybridized carbons (Fsp3) is 0.562. The smallest absolute Gasteiger partial charge is 0.262 e. The molecule has 2 rings (SSSR count). The summed E-state index contributed by atoms with van der Waals surface area (Å²) in [7, 11) is 0. The minimum Gasteiger partial charge on any atom is -0.349 e. The second kappa shape index (κ2) is 7.47. The number of nitrogens with one attached hydrogen (secondary N) is 1. The predicted molar refractivity (Wildman–Crippen MR) is 83.8 cm³/mol. The highest BCUT2D eigenvalue weighted by atomic mass is 32.1. The van der Waals surface area contributed by atoms with E-state index in [9.17, 15) is 4.79 Å². The van der Waals surface area contributed by atoms with Gasteiger partial charge in [0.15, 0.2) is 0 Å². The Bertz CT molecular complexity index is 512. The van der Waals surface area contributed by atoms with E-state index in [0.717, 1.165) is 24.3 Å². The van der Waals surface area contributed by atoms with Gasteiger partial charge < -0.3 is 11.1 Å². The number of thiophene rings is 1. The molecule has 0 bridgehead atoms. The van der Waals surface area contributed by atoms with Crippen LogP contribution < -0.4 is 11.1 Å². The van der Waals surface area contributed by atoms with E-state index >= 15 is 0 Å². The third-order valence-corrected chi connectivity index (χ3v) is 4.81. The van der Waals surface area contributed by atoms with E-state index in [1.165, 1.54) is 30.6 Å². The van der Waals surface area contributed by atoms with E-state index in [-0.39, 0.29) is 5.91 Å². The van der Waals surface area contributed by atoms with Crippen molar-refractivity contribution in [1.82, 2.24) is 5.32 Å². The van der Waals surface area contributed by atoms with Crippen LogP contribution in [-0.4, -0.2) is 18.5 Å². The Balaban J connectivity index is 1.99. The molecule has 1 heterocycles. The lowest BCUT2D eigenvalue weighted by atomic mass is 9.84. The Kier molecular flexibility index (Phi) is 5.63. The average Bonchev–Trinajstić information content (AvgIpc) is 2.93. The van der Waals surface area contributed by atoms with Gasteiger partial charge in [-0.1, -0.05) is 38.0 Å². The van der Waals surface area contributed by atoms with Crippen molar-refractivity contribution in [2.75, 3.05) is 6.54 Å². The number of amides is 1. The van der Waals surface area contributed by atoms with E-state index in [1.807, 2.05) is 11.4 Å². The largest absolute Gasteiger partial charge is 0.349 e. The number of rotatable bonds is 3. The Morgan fingerprint density at radius 2 is 2.40 bits per heavy atom. The third-order valence-electron chi connectivity index (χ3n) is 3.89. The van der Waals surface area contributed by atoms with Crippen LogP contribution in [0.5, 0.6) is 0 Å². The topological polar surface area (TPSA) is 55.1 Å². The molecule has 0 spiro atoms. The highest BCUT2D eigenvalue weighted by Gasteiger charge is 2.23. The molecule has 1 aromatic heterocycles. The summed E-state index contributed by atoms with van der Waals surface area (Å²) in [4.78, 5) is 13.1. The lowest BCUT2D eigenvalue weighted by Gasteiger charge is -2.29. The molecule has 0 radical (unpaired) electrons. The summed E-state index contributed by atoms with van der Waals surface area (Å²) in [6, 6.07) is 2.21. The normalized spacial score (nSPS) is 21.9. The van der Waals surface area contributed by atoms with Gasteiger partial charge in [0.05, 0.1) is 6.54 Å². The molecule has 108 valence electrons. The molecule has 1 amide bonds. The van der Waals surface area contributed by atoms with Crippen molar-refractivity contribution < 1.29 is 4.79 Å². The van der Waals surface area contributed by atoms with Crippen LogP contribution in [0.15, 0.2) is 11.4 Å². The molecule has 1 aromatic rings. The first-order chi connectivity index (χ1) is 9.74. The number of carbonyl (C=O) groups excluding carboxylic acids is 1. The SMILES string of the molecule is CCC1CCCC(NC(=O)c2sccc2C#CCN)C1. The standard InChI is InChI=1S/C16H22N2OS/c1-2-12-5-3-7-14(11-12)18-16(19)15-13(6-4-9-17)8-10-20-15/h8,10,12,14H,2-3,5,7,9,11,17H2,1H3,(H,18,19). The Morgan fingerprint density at radius 3 is 3.15 bits per heavy atom. The van der Waals surface area contributed by atoms with E-state index in [2.05, 4.69) is 24.1 Å². The maximum Gasteiger partial charge on any atom is 0.262 e. The lowest BCUT2D eigenvalue weighted by molar-refractivity contribution is 0.0923. The molecule has 3 nitrogen and oxygen atoms in total. The second-order valence-corrected chi connectivity index (χ2v) is 6.20. The zero-order chi connectivity index (χ0) is 14.4. The zero-order valence-electron chi connectivity index (χ0n) is 11.9. The van der Waals surface area contributed by atoms with Gasteiger partial charge in [-0.3, -0.25) is 4.79 Å². The molecule has 2 unspecified atom stereocenters. The quantitative estimate of drug-likeness (QED) is 0.841. The number of carbonyl (C=O) groups is 1. The first-order valence-electron chi connectivity index (χ1n) is 7.31. The van der Waals surface area contributed by atoms with Crippen LogP contribution >= 0.6 is 11.3 Å². The van der Waals surface area contributed by atoms with Crippen molar-refractivity contribution in [3.63, 3.8) is 0 Å². The molecule has 4 heteroatoms. The highest BCUT2D eigenvalue weighted by Crippen LogP contribution is 2.27. The summed E-state index contributed by atoms with van der Waals surface area (Å²) in [6.07, 6.45) is 5.93. The van der Waals surface area contributed by atoms with Crippen LogP contribution in [0, 0.1) is 17.8 Å². The monoisotopic (exact) mass is 290 g/mol. The molecule has 3 N–H and O–H groups in total. The van der Waals surface area contributed by atoms with Gasteiger partial charge in [0, 0.05) is 11.6 Å². The van der Waals surface area contributed by atoms with Gasteiger partial charge in [0.1, 0.15) is 4.88 Å². The van der Waals surface area contributed by atoms with Gasteiger partial charge >= 0.3 is 0 Å². The average molecular weight is 290 g/mol. The summed E-state index contributed by atoms with van der Waals surface area (Å²) in [5.74, 6) is 6.55. The van der Waals surface area contributed by atoms with Crippen LogP contribution in [0.4, 0.5) is 0 Å². The molecule has 1 aliphatic carbocycles. The van der Waals surface area contributed by atoms with Crippen molar-refractivity contribution in [1.29, 1.82) is 0 Å². The van der Waals surface area contributed by atoms with E-state index in [0.29, 0.717) is 17.5 Å². The molecular weight excluding hydrogens is 268 g/mol. The van der Waals surface area contributed by atoms with Crippen LogP contribution in [-0.2, 0) is 0 Å². The summed E-state index contributed by atoms with van der Waals surface area (Å²) >= 11 is 1.45. The second-order valence-electron chi connectivity index (χ2n) is 5.28. The first kappa shape index (κ1) is 15.1. The molecule has 1 saturated carbocycles. The summed E-state index contributed by atoms with van der Waals surface area (Å²) in [5, 5.41) is 5.08. The Hall–Kier alpha value is -1.31. The zero-order valence-corrected chi connectivity index (χ0v) is 12.8. The molecular formula is C16H22N2OS. The molecule has 0 aromatic carbocycles. The van der Waals surface area contributed by atoms with Crippen molar-refractivity contribution in [2.24, 2.45) is 11.7 Å². The van der Waals surface area contributed by atoms with Gasteiger partial charge in [-0.15, -0.1) is 11.3 Å². The minimum absolute atomic E-state index is 0.0167. The maximum absolute atomic E-state index is 12.4. The van der Waals surface area contributed by atoms with E-state index in [4.69, 9.17) is 5.73 Å². The minimum atomic E-state index is 0.0167. The Morgan fingerprint density at radius 1 is 1.55 bits per heavy atom. The number of nitrogens with two attached hydrogens (primary N) is 1. The first-order valence-corrected chi connectivity index (χ1v) is 8.19. The summed E-state index contributed by atoms with van der Waals surface area (Å²) < 4.78 is 0. The van der Waals surface area contributed by atoms with E-state index in [1.54, 1.807) is 0 Å². The Labute approximate surface area is 124 Å². The molecule has 0 aliphatic heterocycles. The van der Waals surface area contributed by atoms with Crippen molar-refractivity contribution in [3.8, 4) is 11.8 Å². The fourth-order valence-electron chi connectivity index (χ4n) is 2.77. The van der Waals surface area contributed by atoms with Crippen molar-refractivity contribution in [3.05, 3.63) is 21.9 Å². The molecule has 1 aliphatic rings. The fourth-order valence-corrected chi connectivity index (χ4v) is 3.53. The van der Waals surface area contributed by atoms with Crippen molar-refractivity contribution >= 4 is 17.2 Å². The molecule has 1 fully saturated rings. The molecule has 2 atom stereocenters. The molecule has 0 saturated heterocycles. The van der Waals surface area contributed by atoms with Crippen molar-refractivity contribution in [2.45, 2.75) is 45.1 Å². The maximum atomic E-state index is 12.4.